The first-order valence-corrected chi connectivity index (χ1v) is 7.67. The van der Waals surface area contributed by atoms with Crippen molar-refractivity contribution < 1.29 is 14.3 Å². The highest BCUT2D eigenvalue weighted by atomic mass is 16.5. The Labute approximate surface area is 140 Å². The highest BCUT2D eigenvalue weighted by Gasteiger charge is 2.21. The van der Waals surface area contributed by atoms with E-state index in [1.54, 1.807) is 6.92 Å². The minimum atomic E-state index is -0.352. The van der Waals surface area contributed by atoms with Crippen LogP contribution in [0.25, 0.3) is 10.9 Å². The minimum Gasteiger partial charge on any atom is -0.470 e. The van der Waals surface area contributed by atoms with E-state index in [0.29, 0.717) is 27.9 Å². The standard InChI is InChI=1S/C18H21N3O3/c1-5-15(22)19-10-24-17-12(4)21-14-9-7-6-8-13(14)16(17)18(23)20-11(2)3/h5-9,11H,1,10H2,2-4H3,(H,19,22)(H,20,23). The molecule has 1 aromatic carbocycles. The molecule has 0 unspecified atom stereocenters. The molecular formula is C18H21N3O3. The lowest BCUT2D eigenvalue weighted by Crippen LogP contribution is -2.32. The van der Waals surface area contributed by atoms with E-state index in [1.165, 1.54) is 0 Å². The van der Waals surface area contributed by atoms with Crippen LogP contribution in [-0.2, 0) is 4.79 Å². The van der Waals surface area contributed by atoms with Crippen molar-refractivity contribution in [2.45, 2.75) is 26.8 Å². The summed E-state index contributed by atoms with van der Waals surface area (Å²) in [5.74, 6) is -0.234. The Kier molecular flexibility index (Phi) is 5.52. The first-order chi connectivity index (χ1) is 11.4. The van der Waals surface area contributed by atoms with Gasteiger partial charge >= 0.3 is 0 Å². The van der Waals surface area contributed by atoms with E-state index < -0.39 is 0 Å². The third-order valence-corrected chi connectivity index (χ3v) is 3.31. The summed E-state index contributed by atoms with van der Waals surface area (Å²) in [5.41, 5.74) is 1.71. The smallest absolute Gasteiger partial charge is 0.256 e. The molecule has 2 N–H and O–H groups in total. The SMILES string of the molecule is C=CC(=O)NCOc1c(C)nc2ccccc2c1C(=O)NC(C)C. The Morgan fingerprint density at radius 3 is 2.71 bits per heavy atom. The molecule has 126 valence electrons. The van der Waals surface area contributed by atoms with Crippen LogP contribution in [0.2, 0.25) is 0 Å². The van der Waals surface area contributed by atoms with Gasteiger partial charge in [-0.25, -0.2) is 4.98 Å². The summed E-state index contributed by atoms with van der Waals surface area (Å²) in [6.45, 7) is 8.85. The molecule has 6 heteroatoms. The number of amides is 2. The van der Waals surface area contributed by atoms with Crippen LogP contribution in [0.5, 0.6) is 5.75 Å². The van der Waals surface area contributed by atoms with Crippen molar-refractivity contribution in [3.05, 3.63) is 48.2 Å². The molecule has 0 bridgehead atoms. The zero-order valence-electron chi connectivity index (χ0n) is 14.1. The van der Waals surface area contributed by atoms with Crippen LogP contribution in [0.4, 0.5) is 0 Å². The molecular weight excluding hydrogens is 306 g/mol. The van der Waals surface area contributed by atoms with E-state index in [4.69, 9.17) is 4.74 Å². The van der Waals surface area contributed by atoms with Gasteiger partial charge in [-0.3, -0.25) is 9.59 Å². The van der Waals surface area contributed by atoms with Crippen LogP contribution in [0.15, 0.2) is 36.9 Å². The van der Waals surface area contributed by atoms with Crippen LogP contribution in [0.3, 0.4) is 0 Å². The predicted octanol–water partition coefficient (Wildman–Crippen LogP) is 2.32. The summed E-state index contributed by atoms with van der Waals surface area (Å²) >= 11 is 0. The maximum atomic E-state index is 12.7. The fraction of sp³-hybridized carbons (Fsp3) is 0.278. The Bertz CT molecular complexity index is 784. The number of pyridine rings is 1. The fourth-order valence-electron chi connectivity index (χ4n) is 2.31. The molecule has 2 rings (SSSR count). The molecule has 1 heterocycles. The summed E-state index contributed by atoms with van der Waals surface area (Å²) in [4.78, 5) is 28.4. The number of fused-ring (bicyclic) bond motifs is 1. The second-order valence-electron chi connectivity index (χ2n) is 5.58. The van der Waals surface area contributed by atoms with Gasteiger partial charge in [-0.1, -0.05) is 24.8 Å². The van der Waals surface area contributed by atoms with Crippen LogP contribution >= 0.6 is 0 Å². The number of ether oxygens (including phenoxy) is 1. The number of carbonyl (C=O) groups is 2. The van der Waals surface area contributed by atoms with Crippen LogP contribution < -0.4 is 15.4 Å². The van der Waals surface area contributed by atoms with E-state index in [-0.39, 0.29) is 24.6 Å². The van der Waals surface area contributed by atoms with Gasteiger partial charge in [0.15, 0.2) is 12.5 Å². The highest BCUT2D eigenvalue weighted by Crippen LogP contribution is 2.29. The normalized spacial score (nSPS) is 10.5. The van der Waals surface area contributed by atoms with E-state index in [2.05, 4.69) is 22.2 Å². The van der Waals surface area contributed by atoms with Gasteiger partial charge in [-0.05, 0) is 32.9 Å². The van der Waals surface area contributed by atoms with Gasteiger partial charge in [0.1, 0.15) is 0 Å². The molecule has 0 fully saturated rings. The van der Waals surface area contributed by atoms with Crippen molar-refractivity contribution in [1.82, 2.24) is 15.6 Å². The maximum Gasteiger partial charge on any atom is 0.256 e. The van der Waals surface area contributed by atoms with Crippen molar-refractivity contribution in [3.8, 4) is 5.75 Å². The number of aromatic nitrogens is 1. The lowest BCUT2D eigenvalue weighted by molar-refractivity contribution is -0.117. The lowest BCUT2D eigenvalue weighted by atomic mass is 10.1. The molecule has 0 radical (unpaired) electrons. The molecule has 0 saturated carbocycles. The van der Waals surface area contributed by atoms with E-state index in [0.717, 1.165) is 6.08 Å². The molecule has 1 aromatic heterocycles. The molecule has 0 spiro atoms. The van der Waals surface area contributed by atoms with Crippen molar-refractivity contribution in [1.29, 1.82) is 0 Å². The molecule has 2 aromatic rings. The second-order valence-corrected chi connectivity index (χ2v) is 5.58. The Morgan fingerprint density at radius 1 is 1.33 bits per heavy atom. The number of nitrogens with one attached hydrogen (secondary N) is 2. The van der Waals surface area contributed by atoms with E-state index >= 15 is 0 Å². The molecule has 0 aliphatic heterocycles. The molecule has 24 heavy (non-hydrogen) atoms. The molecule has 0 aliphatic carbocycles. The summed E-state index contributed by atoms with van der Waals surface area (Å²) in [5, 5.41) is 6.10. The molecule has 0 saturated heterocycles. The number of nitrogens with zero attached hydrogens (tertiary/aromatic N) is 1. The quantitative estimate of drug-likeness (QED) is 0.630. The highest BCUT2D eigenvalue weighted by molar-refractivity contribution is 6.09. The topological polar surface area (TPSA) is 80.3 Å². The molecule has 2 amide bonds. The van der Waals surface area contributed by atoms with Gasteiger partial charge in [0.25, 0.3) is 5.91 Å². The third kappa shape index (κ3) is 3.90. The van der Waals surface area contributed by atoms with Crippen LogP contribution in [0, 0.1) is 6.92 Å². The summed E-state index contributed by atoms with van der Waals surface area (Å²) in [6.07, 6.45) is 1.15. The number of rotatable bonds is 6. The molecule has 0 atom stereocenters. The lowest BCUT2D eigenvalue weighted by Gasteiger charge is -2.17. The third-order valence-electron chi connectivity index (χ3n) is 3.31. The summed E-state index contributed by atoms with van der Waals surface area (Å²) in [6, 6.07) is 7.36. The van der Waals surface area contributed by atoms with Crippen LogP contribution in [-0.4, -0.2) is 29.6 Å². The van der Waals surface area contributed by atoms with Crippen molar-refractivity contribution in [2.75, 3.05) is 6.73 Å². The fourth-order valence-corrected chi connectivity index (χ4v) is 2.31. The number of hydrogen-bond acceptors (Lipinski definition) is 4. The zero-order valence-corrected chi connectivity index (χ0v) is 14.1. The minimum absolute atomic E-state index is 0.0157. The largest absolute Gasteiger partial charge is 0.470 e. The first kappa shape index (κ1) is 17.5. The zero-order chi connectivity index (χ0) is 17.7. The predicted molar refractivity (Wildman–Crippen MR) is 92.9 cm³/mol. The number of hydrogen-bond donors (Lipinski definition) is 2. The van der Waals surface area contributed by atoms with Gasteiger partial charge in [0.05, 0.1) is 16.8 Å². The van der Waals surface area contributed by atoms with Gasteiger partial charge in [0.2, 0.25) is 5.91 Å². The monoisotopic (exact) mass is 327 g/mol. The van der Waals surface area contributed by atoms with E-state index in [1.807, 2.05) is 38.1 Å². The van der Waals surface area contributed by atoms with Crippen molar-refractivity contribution in [2.24, 2.45) is 0 Å². The first-order valence-electron chi connectivity index (χ1n) is 7.67. The summed E-state index contributed by atoms with van der Waals surface area (Å²) < 4.78 is 5.65. The number of para-hydroxylation sites is 1. The maximum absolute atomic E-state index is 12.7. The van der Waals surface area contributed by atoms with Gasteiger partial charge < -0.3 is 15.4 Å². The molecule has 0 aliphatic rings. The Balaban J connectivity index is 2.47. The second kappa shape index (κ2) is 7.59. The van der Waals surface area contributed by atoms with E-state index in [9.17, 15) is 9.59 Å². The van der Waals surface area contributed by atoms with Crippen LogP contribution in [0.1, 0.15) is 29.9 Å². The van der Waals surface area contributed by atoms with Gasteiger partial charge in [-0.15, -0.1) is 0 Å². The Morgan fingerprint density at radius 2 is 2.04 bits per heavy atom. The number of benzene rings is 1. The summed E-state index contributed by atoms with van der Waals surface area (Å²) in [7, 11) is 0. The van der Waals surface area contributed by atoms with Gasteiger partial charge in [0, 0.05) is 11.4 Å². The van der Waals surface area contributed by atoms with Crippen molar-refractivity contribution >= 4 is 22.7 Å². The Hall–Kier alpha value is -2.89. The number of carbonyl (C=O) groups excluding carboxylic acids is 2. The molecule has 6 nitrogen and oxygen atoms in total. The van der Waals surface area contributed by atoms with Gasteiger partial charge in [-0.2, -0.15) is 0 Å². The van der Waals surface area contributed by atoms with Crippen molar-refractivity contribution in [3.63, 3.8) is 0 Å². The average Bonchev–Trinajstić information content (AvgIpc) is 2.54. The number of aryl methyl sites for hydroxylation is 1. The average molecular weight is 327 g/mol.